The number of carbonyl (C=O) groups is 1. The van der Waals surface area contributed by atoms with Gasteiger partial charge in [-0.05, 0) is 37.5 Å². The molecule has 0 aliphatic heterocycles. The summed E-state index contributed by atoms with van der Waals surface area (Å²) in [5, 5.41) is 10.3. The molecule has 2 atom stereocenters. The number of rotatable bonds is 3. The van der Waals surface area contributed by atoms with Crippen molar-refractivity contribution in [1.82, 2.24) is 4.90 Å². The van der Waals surface area contributed by atoms with E-state index in [4.69, 9.17) is 0 Å². The Morgan fingerprint density at radius 2 is 1.82 bits per heavy atom. The summed E-state index contributed by atoms with van der Waals surface area (Å²) in [5.41, 5.74) is -0.589. The highest BCUT2D eigenvalue weighted by Crippen LogP contribution is 2.58. The van der Waals surface area contributed by atoms with E-state index in [-0.39, 0.29) is 0 Å². The van der Waals surface area contributed by atoms with Gasteiger partial charge in [0, 0.05) is 19.5 Å². The topological polar surface area (TPSA) is 40.5 Å². The lowest BCUT2D eigenvalue weighted by atomic mass is 10.0. The molecule has 0 aromatic rings. The summed E-state index contributed by atoms with van der Waals surface area (Å²) in [5.74, 6) is 1.96. The van der Waals surface area contributed by atoms with E-state index < -0.39 is 5.60 Å². The molecule has 3 aliphatic carbocycles. The molecule has 0 heterocycles. The zero-order valence-corrected chi connectivity index (χ0v) is 10.7. The minimum atomic E-state index is -0.589. The third-order valence-corrected chi connectivity index (χ3v) is 5.13. The molecular weight excluding hydrogens is 214 g/mol. The molecular formula is C14H23NO2. The molecule has 0 aromatic heterocycles. The standard InChI is InChI=1S/C14H23NO2/c1-15(9-14(17)7-2-3-8-14)13(16)12-10-5-4-6-11(10)12/h10-12,17H,2-9H2,1H3. The number of likely N-dealkylation sites (N-methyl/N-ethyl adjacent to an activating group) is 1. The van der Waals surface area contributed by atoms with Crippen molar-refractivity contribution in [3.8, 4) is 0 Å². The summed E-state index contributed by atoms with van der Waals surface area (Å²) in [6.07, 6.45) is 7.75. The highest BCUT2D eigenvalue weighted by atomic mass is 16.3. The van der Waals surface area contributed by atoms with Crippen LogP contribution in [-0.4, -0.2) is 35.1 Å². The van der Waals surface area contributed by atoms with Crippen LogP contribution < -0.4 is 0 Å². The van der Waals surface area contributed by atoms with Gasteiger partial charge in [-0.2, -0.15) is 0 Å². The van der Waals surface area contributed by atoms with Crippen molar-refractivity contribution in [3.05, 3.63) is 0 Å². The lowest BCUT2D eigenvalue weighted by Gasteiger charge is -2.29. The Morgan fingerprint density at radius 1 is 1.24 bits per heavy atom. The van der Waals surface area contributed by atoms with Gasteiger partial charge in [-0.15, -0.1) is 0 Å². The van der Waals surface area contributed by atoms with Gasteiger partial charge in [0.05, 0.1) is 5.60 Å². The van der Waals surface area contributed by atoms with E-state index >= 15 is 0 Å². The van der Waals surface area contributed by atoms with Crippen LogP contribution in [0.5, 0.6) is 0 Å². The predicted octanol–water partition coefficient (Wildman–Crippen LogP) is 1.80. The van der Waals surface area contributed by atoms with Gasteiger partial charge in [0.15, 0.2) is 0 Å². The molecule has 0 radical (unpaired) electrons. The first kappa shape index (κ1) is 11.5. The predicted molar refractivity (Wildman–Crippen MR) is 65.4 cm³/mol. The molecule has 3 aliphatic rings. The Balaban J connectivity index is 1.55. The summed E-state index contributed by atoms with van der Waals surface area (Å²) in [4.78, 5) is 14.1. The van der Waals surface area contributed by atoms with Gasteiger partial charge in [0.2, 0.25) is 5.91 Å². The summed E-state index contributed by atoms with van der Waals surface area (Å²) in [6.45, 7) is 0.543. The fourth-order valence-corrected chi connectivity index (χ4v) is 4.15. The Bertz CT molecular complexity index is 312. The first-order valence-electron chi connectivity index (χ1n) is 7.08. The largest absolute Gasteiger partial charge is 0.388 e. The smallest absolute Gasteiger partial charge is 0.226 e. The van der Waals surface area contributed by atoms with Crippen molar-refractivity contribution in [2.45, 2.75) is 50.5 Å². The van der Waals surface area contributed by atoms with Crippen LogP contribution in [0.1, 0.15) is 44.9 Å². The first-order valence-corrected chi connectivity index (χ1v) is 7.08. The van der Waals surface area contributed by atoms with Crippen LogP contribution in [0.3, 0.4) is 0 Å². The molecule has 3 heteroatoms. The highest BCUT2D eigenvalue weighted by molar-refractivity contribution is 5.82. The lowest BCUT2D eigenvalue weighted by Crippen LogP contribution is -2.43. The second-order valence-electron chi connectivity index (χ2n) is 6.41. The Hall–Kier alpha value is -0.570. The third-order valence-electron chi connectivity index (χ3n) is 5.13. The van der Waals surface area contributed by atoms with Gasteiger partial charge < -0.3 is 10.0 Å². The summed E-state index contributed by atoms with van der Waals surface area (Å²) in [6, 6.07) is 0. The zero-order chi connectivity index (χ0) is 12.0. The zero-order valence-electron chi connectivity index (χ0n) is 10.7. The lowest BCUT2D eigenvalue weighted by molar-refractivity contribution is -0.135. The van der Waals surface area contributed by atoms with Gasteiger partial charge in [0.25, 0.3) is 0 Å². The van der Waals surface area contributed by atoms with Crippen molar-refractivity contribution in [1.29, 1.82) is 0 Å². The number of aliphatic hydroxyl groups is 1. The molecule has 0 saturated heterocycles. The van der Waals surface area contributed by atoms with Crippen LogP contribution in [0, 0.1) is 17.8 Å². The first-order chi connectivity index (χ1) is 8.11. The number of amides is 1. The average Bonchev–Trinajstić information content (AvgIpc) is 2.70. The van der Waals surface area contributed by atoms with E-state index in [0.717, 1.165) is 25.7 Å². The fraction of sp³-hybridized carbons (Fsp3) is 0.929. The molecule has 0 aromatic carbocycles. The number of fused-ring (bicyclic) bond motifs is 1. The molecule has 3 fully saturated rings. The molecule has 3 nitrogen and oxygen atoms in total. The molecule has 2 unspecified atom stereocenters. The molecule has 1 amide bonds. The monoisotopic (exact) mass is 237 g/mol. The average molecular weight is 237 g/mol. The van der Waals surface area contributed by atoms with Gasteiger partial charge in [0.1, 0.15) is 0 Å². The van der Waals surface area contributed by atoms with E-state index in [9.17, 15) is 9.90 Å². The van der Waals surface area contributed by atoms with Crippen molar-refractivity contribution >= 4 is 5.91 Å². The molecule has 17 heavy (non-hydrogen) atoms. The summed E-state index contributed by atoms with van der Waals surface area (Å²) >= 11 is 0. The number of carbonyl (C=O) groups excluding carboxylic acids is 1. The summed E-state index contributed by atoms with van der Waals surface area (Å²) < 4.78 is 0. The van der Waals surface area contributed by atoms with Crippen LogP contribution in [-0.2, 0) is 4.79 Å². The maximum absolute atomic E-state index is 12.3. The van der Waals surface area contributed by atoms with Crippen LogP contribution in [0.4, 0.5) is 0 Å². The van der Waals surface area contributed by atoms with Crippen molar-refractivity contribution in [3.63, 3.8) is 0 Å². The highest BCUT2D eigenvalue weighted by Gasteiger charge is 2.57. The van der Waals surface area contributed by atoms with Gasteiger partial charge in [-0.25, -0.2) is 0 Å². The van der Waals surface area contributed by atoms with Crippen molar-refractivity contribution < 1.29 is 9.90 Å². The van der Waals surface area contributed by atoms with Crippen molar-refractivity contribution in [2.24, 2.45) is 17.8 Å². The number of hydrogen-bond acceptors (Lipinski definition) is 2. The molecule has 0 spiro atoms. The normalized spacial score (nSPS) is 37.9. The molecule has 3 rings (SSSR count). The van der Waals surface area contributed by atoms with E-state index in [0.29, 0.717) is 30.2 Å². The second-order valence-corrected chi connectivity index (χ2v) is 6.41. The summed E-state index contributed by atoms with van der Waals surface area (Å²) in [7, 11) is 1.87. The quantitative estimate of drug-likeness (QED) is 0.813. The molecule has 0 bridgehead atoms. The van der Waals surface area contributed by atoms with Crippen molar-refractivity contribution in [2.75, 3.05) is 13.6 Å². The third kappa shape index (κ3) is 1.99. The minimum absolute atomic E-state index is 0.292. The van der Waals surface area contributed by atoms with Crippen LogP contribution in [0.15, 0.2) is 0 Å². The van der Waals surface area contributed by atoms with Gasteiger partial charge >= 0.3 is 0 Å². The van der Waals surface area contributed by atoms with Gasteiger partial charge in [-0.1, -0.05) is 19.3 Å². The molecule has 1 N–H and O–H groups in total. The maximum Gasteiger partial charge on any atom is 0.226 e. The Kier molecular flexibility index (Phi) is 2.69. The van der Waals surface area contributed by atoms with Crippen LogP contribution in [0.2, 0.25) is 0 Å². The minimum Gasteiger partial charge on any atom is -0.388 e. The van der Waals surface area contributed by atoms with E-state index in [1.54, 1.807) is 4.90 Å². The van der Waals surface area contributed by atoms with E-state index in [2.05, 4.69) is 0 Å². The Morgan fingerprint density at radius 3 is 2.41 bits per heavy atom. The number of hydrogen-bond donors (Lipinski definition) is 1. The maximum atomic E-state index is 12.3. The SMILES string of the molecule is CN(CC1(O)CCCC1)C(=O)C1C2CCCC21. The Labute approximate surface area is 103 Å². The molecule has 96 valence electrons. The molecule has 3 saturated carbocycles. The van der Waals surface area contributed by atoms with Gasteiger partial charge in [-0.3, -0.25) is 4.79 Å². The van der Waals surface area contributed by atoms with E-state index in [1.165, 1.54) is 19.3 Å². The van der Waals surface area contributed by atoms with Crippen LogP contribution in [0.25, 0.3) is 0 Å². The van der Waals surface area contributed by atoms with Crippen LogP contribution >= 0.6 is 0 Å². The number of nitrogens with zero attached hydrogens (tertiary/aromatic N) is 1. The van der Waals surface area contributed by atoms with E-state index in [1.807, 2.05) is 7.05 Å². The second kappa shape index (κ2) is 3.98. The fourth-order valence-electron chi connectivity index (χ4n) is 4.15.